The van der Waals surface area contributed by atoms with E-state index in [1.807, 2.05) is 37.3 Å². The van der Waals surface area contributed by atoms with Gasteiger partial charge in [0.05, 0.1) is 19.8 Å². The fourth-order valence-electron chi connectivity index (χ4n) is 3.94. The average Bonchev–Trinajstić information content (AvgIpc) is 2.83. The van der Waals surface area contributed by atoms with E-state index in [1.54, 1.807) is 6.07 Å². The molecule has 1 aliphatic rings. The van der Waals surface area contributed by atoms with Gasteiger partial charge in [-0.05, 0) is 53.9 Å². The summed E-state index contributed by atoms with van der Waals surface area (Å²) < 4.78 is 5.46. The molecule has 3 aromatic rings. The summed E-state index contributed by atoms with van der Waals surface area (Å²) in [5.41, 5.74) is 3.43. The Morgan fingerprint density at radius 1 is 1.21 bits per heavy atom. The lowest BCUT2D eigenvalue weighted by Gasteiger charge is -2.31. The molecule has 0 amide bonds. The Morgan fingerprint density at radius 3 is 2.73 bits per heavy atom. The first-order valence-electron chi connectivity index (χ1n) is 11.2. The molecule has 174 valence electrons. The lowest BCUT2D eigenvalue weighted by atomic mass is 10.1. The number of pyridine rings is 1. The van der Waals surface area contributed by atoms with E-state index in [0.29, 0.717) is 28.8 Å². The third-order valence-corrected chi connectivity index (χ3v) is 6.73. The topological polar surface area (TPSA) is 60.6 Å². The van der Waals surface area contributed by atoms with E-state index < -0.39 is 0 Å². The van der Waals surface area contributed by atoms with Crippen LogP contribution in [0.15, 0.2) is 53.3 Å². The molecule has 0 unspecified atom stereocenters. The predicted octanol–water partition coefficient (Wildman–Crippen LogP) is 3.70. The first kappa shape index (κ1) is 23.7. The molecule has 2 aromatic carbocycles. The van der Waals surface area contributed by atoms with E-state index in [9.17, 15) is 4.79 Å². The highest BCUT2D eigenvalue weighted by molar-refractivity contribution is 7.80. The summed E-state index contributed by atoms with van der Waals surface area (Å²) in [7, 11) is 0. The molecule has 8 heteroatoms. The second kappa shape index (κ2) is 11.1. The van der Waals surface area contributed by atoms with Crippen molar-refractivity contribution in [2.24, 2.45) is 0 Å². The van der Waals surface area contributed by atoms with Crippen LogP contribution in [0.4, 0.5) is 0 Å². The highest BCUT2D eigenvalue weighted by Crippen LogP contribution is 2.22. The van der Waals surface area contributed by atoms with Crippen molar-refractivity contribution in [1.82, 2.24) is 20.1 Å². The number of nitrogens with one attached hydrogen (secondary N) is 2. The number of aromatic nitrogens is 1. The first-order chi connectivity index (χ1) is 16.0. The summed E-state index contributed by atoms with van der Waals surface area (Å²) in [4.78, 5) is 20.3. The molecule has 1 fully saturated rings. The number of aromatic amines is 1. The van der Waals surface area contributed by atoms with Crippen LogP contribution in [0.2, 0.25) is 5.02 Å². The Hall–Kier alpha value is -2.45. The number of rotatable bonds is 7. The van der Waals surface area contributed by atoms with Gasteiger partial charge in [0.15, 0.2) is 5.11 Å². The number of H-pyrrole nitrogens is 1. The van der Waals surface area contributed by atoms with Crippen molar-refractivity contribution in [3.63, 3.8) is 0 Å². The zero-order valence-corrected chi connectivity index (χ0v) is 20.3. The van der Waals surface area contributed by atoms with Gasteiger partial charge in [0, 0.05) is 48.8 Å². The van der Waals surface area contributed by atoms with Crippen molar-refractivity contribution in [1.29, 1.82) is 0 Å². The Kier molecular flexibility index (Phi) is 7.98. The van der Waals surface area contributed by atoms with Crippen LogP contribution in [-0.4, -0.2) is 59.3 Å². The van der Waals surface area contributed by atoms with Gasteiger partial charge < -0.3 is 19.9 Å². The largest absolute Gasteiger partial charge is 0.379 e. The maximum atomic E-state index is 12.9. The maximum Gasteiger partial charge on any atom is 0.253 e. The van der Waals surface area contributed by atoms with Crippen molar-refractivity contribution < 1.29 is 4.74 Å². The number of aryl methyl sites for hydroxylation is 1. The summed E-state index contributed by atoms with van der Waals surface area (Å²) in [5, 5.41) is 5.61. The van der Waals surface area contributed by atoms with E-state index in [0.717, 1.165) is 61.4 Å². The molecule has 1 saturated heterocycles. The summed E-state index contributed by atoms with van der Waals surface area (Å²) in [6, 6.07) is 15.9. The Bertz CT molecular complexity index is 1160. The fraction of sp³-hybridized carbons (Fsp3) is 0.360. The number of benzene rings is 2. The molecule has 0 aliphatic carbocycles. The van der Waals surface area contributed by atoms with Gasteiger partial charge in [-0.1, -0.05) is 41.9 Å². The molecule has 0 radical (unpaired) electrons. The lowest BCUT2D eigenvalue weighted by molar-refractivity contribution is 0.0357. The summed E-state index contributed by atoms with van der Waals surface area (Å²) >= 11 is 12.0. The van der Waals surface area contributed by atoms with Crippen molar-refractivity contribution in [2.75, 3.05) is 39.4 Å². The minimum absolute atomic E-state index is 0.121. The molecule has 0 atom stereocenters. The SMILES string of the molecule is Cc1cc2cc(CN(CCN3CCOCC3)C(=S)NCc3ccccc3)c(=O)[nH]c2cc1Cl. The minimum Gasteiger partial charge on any atom is -0.379 e. The molecule has 6 nitrogen and oxygen atoms in total. The number of hydrogen-bond donors (Lipinski definition) is 2. The van der Waals surface area contributed by atoms with Gasteiger partial charge in [0.25, 0.3) is 5.56 Å². The third kappa shape index (κ3) is 6.32. The predicted molar refractivity (Wildman–Crippen MR) is 138 cm³/mol. The van der Waals surface area contributed by atoms with Crippen molar-refractivity contribution in [3.8, 4) is 0 Å². The molecule has 2 N–H and O–H groups in total. The fourth-order valence-corrected chi connectivity index (χ4v) is 4.33. The smallest absolute Gasteiger partial charge is 0.253 e. The number of halogens is 1. The molecule has 1 aliphatic heterocycles. The van der Waals surface area contributed by atoms with Gasteiger partial charge in [-0.25, -0.2) is 0 Å². The van der Waals surface area contributed by atoms with Crippen LogP contribution in [0.25, 0.3) is 10.9 Å². The van der Waals surface area contributed by atoms with Crippen LogP contribution < -0.4 is 10.9 Å². The van der Waals surface area contributed by atoms with Crippen LogP contribution in [0.3, 0.4) is 0 Å². The summed E-state index contributed by atoms with van der Waals surface area (Å²) in [6.07, 6.45) is 0. The van der Waals surface area contributed by atoms with Gasteiger partial charge in [-0.3, -0.25) is 9.69 Å². The quantitative estimate of drug-likeness (QED) is 0.499. The molecule has 2 heterocycles. The molecule has 0 saturated carbocycles. The molecule has 0 spiro atoms. The number of nitrogens with zero attached hydrogens (tertiary/aromatic N) is 2. The Morgan fingerprint density at radius 2 is 1.97 bits per heavy atom. The van der Waals surface area contributed by atoms with E-state index in [2.05, 4.69) is 32.2 Å². The molecular formula is C25H29ClN4O2S. The Labute approximate surface area is 204 Å². The highest BCUT2D eigenvalue weighted by Gasteiger charge is 2.17. The van der Waals surface area contributed by atoms with E-state index >= 15 is 0 Å². The minimum atomic E-state index is -0.121. The number of thiocarbonyl (C=S) groups is 1. The van der Waals surface area contributed by atoms with Crippen LogP contribution in [-0.2, 0) is 17.8 Å². The molecule has 0 bridgehead atoms. The second-order valence-corrected chi connectivity index (χ2v) is 9.13. The zero-order valence-electron chi connectivity index (χ0n) is 18.8. The van der Waals surface area contributed by atoms with Crippen molar-refractivity contribution in [3.05, 3.63) is 80.6 Å². The van der Waals surface area contributed by atoms with Crippen LogP contribution in [0.1, 0.15) is 16.7 Å². The van der Waals surface area contributed by atoms with Gasteiger partial charge in [-0.2, -0.15) is 0 Å². The summed E-state index contributed by atoms with van der Waals surface area (Å²) in [6.45, 7) is 7.94. The van der Waals surface area contributed by atoms with E-state index in [4.69, 9.17) is 28.6 Å². The molecule has 4 rings (SSSR count). The van der Waals surface area contributed by atoms with Gasteiger partial charge >= 0.3 is 0 Å². The first-order valence-corrected chi connectivity index (χ1v) is 12.0. The lowest BCUT2D eigenvalue weighted by Crippen LogP contribution is -2.46. The zero-order chi connectivity index (χ0) is 23.2. The number of ether oxygens (including phenoxy) is 1. The third-order valence-electron chi connectivity index (χ3n) is 5.93. The average molecular weight is 485 g/mol. The van der Waals surface area contributed by atoms with E-state index in [-0.39, 0.29) is 5.56 Å². The second-order valence-electron chi connectivity index (χ2n) is 8.33. The van der Waals surface area contributed by atoms with Gasteiger partial charge in [0.2, 0.25) is 0 Å². The van der Waals surface area contributed by atoms with Crippen LogP contribution >= 0.6 is 23.8 Å². The standard InChI is InChI=1S/C25H29ClN4O2S/c1-18-13-20-14-21(24(31)28-23(20)15-22(18)26)17-30(8-7-29-9-11-32-12-10-29)25(33)27-16-19-5-3-2-4-6-19/h2-6,13-15H,7-12,16-17H2,1H3,(H,27,33)(H,28,31). The normalized spacial score (nSPS) is 14.4. The van der Waals surface area contributed by atoms with E-state index in [1.165, 1.54) is 0 Å². The van der Waals surface area contributed by atoms with Crippen LogP contribution in [0, 0.1) is 6.92 Å². The molecular weight excluding hydrogens is 456 g/mol. The Balaban J connectivity index is 1.52. The number of morpholine rings is 1. The van der Waals surface area contributed by atoms with Crippen LogP contribution in [0.5, 0.6) is 0 Å². The van der Waals surface area contributed by atoms with Gasteiger partial charge in [-0.15, -0.1) is 0 Å². The monoisotopic (exact) mass is 484 g/mol. The number of fused-ring (bicyclic) bond motifs is 1. The maximum absolute atomic E-state index is 12.9. The molecule has 33 heavy (non-hydrogen) atoms. The van der Waals surface area contributed by atoms with Crippen molar-refractivity contribution >= 4 is 39.8 Å². The number of hydrogen-bond acceptors (Lipinski definition) is 4. The molecule has 1 aromatic heterocycles. The van der Waals surface area contributed by atoms with Gasteiger partial charge in [0.1, 0.15) is 0 Å². The summed E-state index contributed by atoms with van der Waals surface area (Å²) in [5.74, 6) is 0. The van der Waals surface area contributed by atoms with Crippen molar-refractivity contribution in [2.45, 2.75) is 20.0 Å². The highest BCUT2D eigenvalue weighted by atomic mass is 35.5.